The number of nitrogens with one attached hydrogen (secondary N) is 1. The lowest BCUT2D eigenvalue weighted by Crippen LogP contribution is -2.34. The van der Waals surface area contributed by atoms with Crippen molar-refractivity contribution in [1.29, 1.82) is 0 Å². The first-order valence-electron chi connectivity index (χ1n) is 11.8. The summed E-state index contributed by atoms with van der Waals surface area (Å²) in [6, 6.07) is 7.73. The maximum Gasteiger partial charge on any atom is 0.267 e. The molecule has 5 rings (SSSR count). The van der Waals surface area contributed by atoms with E-state index in [9.17, 15) is 9.59 Å². The highest BCUT2D eigenvalue weighted by atomic mass is 32.2. The Morgan fingerprint density at radius 3 is 2.67 bits per heavy atom. The van der Waals surface area contributed by atoms with Gasteiger partial charge in [0.2, 0.25) is 5.91 Å². The maximum absolute atomic E-state index is 13.9. The molecule has 1 saturated carbocycles. The lowest BCUT2D eigenvalue weighted by atomic mass is 10.1. The van der Waals surface area contributed by atoms with Gasteiger partial charge in [-0.2, -0.15) is 0 Å². The average molecular weight is 484 g/mol. The van der Waals surface area contributed by atoms with Gasteiger partial charge in [0.25, 0.3) is 5.56 Å². The molecular formula is C25H29N3O3S2. The average Bonchev–Trinajstić information content (AvgIpc) is 3.39. The van der Waals surface area contributed by atoms with E-state index < -0.39 is 0 Å². The van der Waals surface area contributed by atoms with E-state index in [0.29, 0.717) is 5.16 Å². The van der Waals surface area contributed by atoms with Crippen molar-refractivity contribution < 1.29 is 9.53 Å². The molecule has 0 unspecified atom stereocenters. The molecule has 1 amide bonds. The van der Waals surface area contributed by atoms with Crippen LogP contribution in [0.5, 0.6) is 5.75 Å². The zero-order valence-electron chi connectivity index (χ0n) is 18.9. The number of aromatic nitrogens is 2. The maximum atomic E-state index is 13.9. The van der Waals surface area contributed by atoms with Crippen molar-refractivity contribution in [2.75, 3.05) is 12.9 Å². The molecule has 8 heteroatoms. The second kappa shape index (κ2) is 9.89. The number of rotatable bonds is 6. The molecule has 2 aliphatic carbocycles. The summed E-state index contributed by atoms with van der Waals surface area (Å²) < 4.78 is 6.97. The SMILES string of the molecule is COc1ccc(-n2c(SCC(=O)NC3CCCC3)nc3sc4c(c3c2=O)CCCCC4)cc1. The Kier molecular flexibility index (Phi) is 6.74. The summed E-state index contributed by atoms with van der Waals surface area (Å²) in [5.41, 5.74) is 1.88. The normalized spacial score (nSPS) is 16.5. The van der Waals surface area contributed by atoms with Crippen LogP contribution in [0, 0.1) is 0 Å². The number of benzene rings is 1. The van der Waals surface area contributed by atoms with Crippen molar-refractivity contribution in [3.63, 3.8) is 0 Å². The molecule has 1 N–H and O–H groups in total. The number of fused-ring (bicyclic) bond motifs is 3. The van der Waals surface area contributed by atoms with Crippen molar-refractivity contribution >= 4 is 39.2 Å². The molecule has 6 nitrogen and oxygen atoms in total. The topological polar surface area (TPSA) is 73.2 Å². The number of hydrogen-bond acceptors (Lipinski definition) is 6. The first-order valence-corrected chi connectivity index (χ1v) is 13.6. The van der Waals surface area contributed by atoms with Crippen LogP contribution in [-0.4, -0.2) is 34.4 Å². The molecule has 2 aromatic heterocycles. The van der Waals surface area contributed by atoms with E-state index in [4.69, 9.17) is 9.72 Å². The lowest BCUT2D eigenvalue weighted by molar-refractivity contribution is -0.119. The van der Waals surface area contributed by atoms with Gasteiger partial charge in [0.15, 0.2) is 5.16 Å². The van der Waals surface area contributed by atoms with E-state index >= 15 is 0 Å². The third kappa shape index (κ3) is 4.68. The zero-order chi connectivity index (χ0) is 22.8. The van der Waals surface area contributed by atoms with E-state index in [1.54, 1.807) is 23.0 Å². The number of carbonyl (C=O) groups is 1. The number of thioether (sulfide) groups is 1. The van der Waals surface area contributed by atoms with Gasteiger partial charge in [0.1, 0.15) is 10.6 Å². The van der Waals surface area contributed by atoms with Crippen molar-refractivity contribution in [3.05, 3.63) is 45.1 Å². The number of nitrogens with zero attached hydrogens (tertiary/aromatic N) is 2. The Labute approximate surface area is 201 Å². The van der Waals surface area contributed by atoms with E-state index in [1.807, 2.05) is 24.3 Å². The Balaban J connectivity index is 1.54. The number of amides is 1. The van der Waals surface area contributed by atoms with Crippen LogP contribution in [-0.2, 0) is 17.6 Å². The minimum absolute atomic E-state index is 0.00416. The summed E-state index contributed by atoms with van der Waals surface area (Å²) in [5.74, 6) is 0.982. The van der Waals surface area contributed by atoms with E-state index in [2.05, 4.69) is 5.32 Å². The zero-order valence-corrected chi connectivity index (χ0v) is 20.5. The highest BCUT2D eigenvalue weighted by Crippen LogP contribution is 2.34. The van der Waals surface area contributed by atoms with E-state index in [1.165, 1.54) is 41.5 Å². The van der Waals surface area contributed by atoms with Gasteiger partial charge in [-0.15, -0.1) is 11.3 Å². The molecule has 1 aromatic carbocycles. The second-order valence-corrected chi connectivity index (χ2v) is 10.8. The van der Waals surface area contributed by atoms with E-state index in [0.717, 1.165) is 60.2 Å². The molecule has 2 aliphatic rings. The van der Waals surface area contributed by atoms with Crippen molar-refractivity contribution in [1.82, 2.24) is 14.9 Å². The van der Waals surface area contributed by atoms with Crippen LogP contribution in [0.4, 0.5) is 0 Å². The Bertz CT molecular complexity index is 1210. The summed E-state index contributed by atoms with van der Waals surface area (Å²) in [5, 5.41) is 4.46. The van der Waals surface area contributed by atoms with Gasteiger partial charge in [0.05, 0.1) is 23.9 Å². The Morgan fingerprint density at radius 1 is 1.15 bits per heavy atom. The Morgan fingerprint density at radius 2 is 1.91 bits per heavy atom. The highest BCUT2D eigenvalue weighted by Gasteiger charge is 2.23. The van der Waals surface area contributed by atoms with Crippen molar-refractivity contribution in [2.45, 2.75) is 69.0 Å². The van der Waals surface area contributed by atoms with Gasteiger partial charge < -0.3 is 10.1 Å². The largest absolute Gasteiger partial charge is 0.497 e. The number of carbonyl (C=O) groups excluding carboxylic acids is 1. The summed E-state index contributed by atoms with van der Waals surface area (Å²) in [6.45, 7) is 0. The van der Waals surface area contributed by atoms with E-state index in [-0.39, 0.29) is 23.3 Å². The molecule has 0 saturated heterocycles. The van der Waals surface area contributed by atoms with Crippen molar-refractivity contribution in [3.8, 4) is 11.4 Å². The first-order chi connectivity index (χ1) is 16.1. The predicted molar refractivity (Wildman–Crippen MR) is 134 cm³/mol. The van der Waals surface area contributed by atoms with Crippen molar-refractivity contribution in [2.24, 2.45) is 0 Å². The van der Waals surface area contributed by atoms with Gasteiger partial charge >= 0.3 is 0 Å². The summed E-state index contributed by atoms with van der Waals surface area (Å²) in [7, 11) is 1.62. The highest BCUT2D eigenvalue weighted by molar-refractivity contribution is 7.99. The minimum atomic E-state index is -0.0386. The third-order valence-electron chi connectivity index (χ3n) is 6.59. The molecule has 2 heterocycles. The molecule has 33 heavy (non-hydrogen) atoms. The molecular weight excluding hydrogens is 454 g/mol. The summed E-state index contributed by atoms with van der Waals surface area (Å²) in [6.07, 6.45) is 9.89. The minimum Gasteiger partial charge on any atom is -0.497 e. The molecule has 0 radical (unpaired) electrons. The fraction of sp³-hybridized carbons (Fsp3) is 0.480. The number of thiophene rings is 1. The lowest BCUT2D eigenvalue weighted by Gasteiger charge is -2.14. The molecule has 0 aliphatic heterocycles. The fourth-order valence-corrected chi connectivity index (χ4v) is 7.01. The van der Waals surface area contributed by atoms with Gasteiger partial charge in [-0.25, -0.2) is 4.98 Å². The summed E-state index contributed by atoms with van der Waals surface area (Å²) in [4.78, 5) is 33.5. The Hall–Kier alpha value is -2.32. The molecule has 174 valence electrons. The summed E-state index contributed by atoms with van der Waals surface area (Å²) >= 11 is 2.99. The van der Waals surface area contributed by atoms with Crippen LogP contribution in [0.2, 0.25) is 0 Å². The smallest absolute Gasteiger partial charge is 0.267 e. The van der Waals surface area contributed by atoms with Crippen LogP contribution in [0.1, 0.15) is 55.4 Å². The van der Waals surface area contributed by atoms with Crippen LogP contribution in [0.3, 0.4) is 0 Å². The molecule has 0 atom stereocenters. The standard InChI is InChI=1S/C25H29N3O3S2/c1-31-18-13-11-17(12-14-18)28-24(30)22-19-9-3-2-4-10-20(19)33-23(22)27-25(28)32-15-21(29)26-16-7-5-6-8-16/h11-14,16H,2-10,15H2,1H3,(H,26,29). The monoisotopic (exact) mass is 483 g/mol. The van der Waals surface area contributed by atoms with Crippen LogP contribution in [0.25, 0.3) is 15.9 Å². The second-order valence-electron chi connectivity index (χ2n) is 8.82. The molecule has 0 bridgehead atoms. The quantitative estimate of drug-likeness (QED) is 0.307. The number of methoxy groups -OCH3 is 1. The number of ether oxygens (including phenoxy) is 1. The number of hydrogen-bond donors (Lipinski definition) is 1. The molecule has 3 aromatic rings. The van der Waals surface area contributed by atoms with Gasteiger partial charge in [-0.3, -0.25) is 14.2 Å². The molecule has 0 spiro atoms. The number of aryl methyl sites for hydroxylation is 2. The fourth-order valence-electron chi connectivity index (χ4n) is 4.89. The molecule has 1 fully saturated rings. The van der Waals surface area contributed by atoms with Crippen LogP contribution >= 0.6 is 23.1 Å². The van der Waals surface area contributed by atoms with Crippen LogP contribution < -0.4 is 15.6 Å². The van der Waals surface area contributed by atoms with Gasteiger partial charge in [-0.1, -0.05) is 31.0 Å². The third-order valence-corrected chi connectivity index (χ3v) is 8.72. The van der Waals surface area contributed by atoms with Crippen LogP contribution in [0.15, 0.2) is 34.2 Å². The van der Waals surface area contributed by atoms with Gasteiger partial charge in [-0.05, 0) is 68.4 Å². The predicted octanol–water partition coefficient (Wildman–Crippen LogP) is 4.88. The first kappa shape index (κ1) is 22.5. The van der Waals surface area contributed by atoms with Gasteiger partial charge in [0, 0.05) is 10.9 Å².